The Hall–Kier alpha value is 0.270. The first kappa shape index (κ1) is 21.1. The first-order valence-corrected chi connectivity index (χ1v) is 13.2. The number of fused-ring (bicyclic) bond motifs is 1. The molecule has 2 aliphatic carbocycles. The van der Waals surface area contributed by atoms with Crippen LogP contribution in [0.25, 0.3) is 0 Å². The maximum Gasteiger partial charge on any atom is 0.170 e. The first-order valence-electron chi connectivity index (χ1n) is 11.7. The first-order chi connectivity index (χ1) is 14.1. The van der Waals surface area contributed by atoms with E-state index < -0.39 is 11.4 Å². The second kappa shape index (κ2) is 8.32. The summed E-state index contributed by atoms with van der Waals surface area (Å²) in [6, 6.07) is 0. The van der Waals surface area contributed by atoms with Gasteiger partial charge >= 0.3 is 0 Å². The topological polar surface area (TPSA) is 46.2 Å². The van der Waals surface area contributed by atoms with Gasteiger partial charge in [-0.3, -0.25) is 0 Å². The Morgan fingerprint density at radius 3 is 2.28 bits per heavy atom. The molecule has 164 valence electrons. The quantitative estimate of drug-likeness (QED) is 0.296. The molecule has 0 aromatic rings. The van der Waals surface area contributed by atoms with E-state index in [4.69, 9.17) is 23.7 Å². The second-order valence-corrected chi connectivity index (χ2v) is 10.3. The largest absolute Gasteiger partial charge is 0.366 e. The Morgan fingerprint density at radius 1 is 0.931 bits per heavy atom. The van der Waals surface area contributed by atoms with Crippen LogP contribution in [0.15, 0.2) is 12.2 Å². The van der Waals surface area contributed by atoms with Crippen molar-refractivity contribution in [2.45, 2.75) is 119 Å². The van der Waals surface area contributed by atoms with Crippen LogP contribution in [-0.4, -0.2) is 52.6 Å². The van der Waals surface area contributed by atoms with E-state index in [1.54, 1.807) is 0 Å². The van der Waals surface area contributed by atoms with Gasteiger partial charge in [0.2, 0.25) is 0 Å². The monoisotopic (exact) mass is 518 g/mol. The van der Waals surface area contributed by atoms with Gasteiger partial charge in [-0.2, -0.15) is 0 Å². The van der Waals surface area contributed by atoms with Crippen LogP contribution in [0.1, 0.15) is 77.6 Å². The van der Waals surface area contributed by atoms with Crippen molar-refractivity contribution in [2.75, 3.05) is 11.0 Å². The summed E-state index contributed by atoms with van der Waals surface area (Å²) >= 11 is 2.47. The molecule has 0 radical (unpaired) electrons. The fourth-order valence-electron chi connectivity index (χ4n) is 6.12. The molecule has 2 spiro atoms. The molecule has 0 aromatic carbocycles. The Labute approximate surface area is 188 Å². The molecule has 3 aliphatic heterocycles. The summed E-state index contributed by atoms with van der Waals surface area (Å²) in [5, 5.41) is 0. The molecular formula is C23H35IO5. The summed E-state index contributed by atoms with van der Waals surface area (Å²) in [5.41, 5.74) is -0.395. The number of hydrogen-bond acceptors (Lipinski definition) is 5. The molecular weight excluding hydrogens is 483 g/mol. The molecule has 3 heterocycles. The van der Waals surface area contributed by atoms with Crippen molar-refractivity contribution in [1.29, 1.82) is 0 Å². The van der Waals surface area contributed by atoms with Crippen LogP contribution in [0.4, 0.5) is 0 Å². The molecule has 3 saturated heterocycles. The lowest BCUT2D eigenvalue weighted by Gasteiger charge is -2.37. The molecule has 5 rings (SSSR count). The summed E-state index contributed by atoms with van der Waals surface area (Å²) in [4.78, 5) is 0. The van der Waals surface area contributed by atoms with Crippen LogP contribution in [0.5, 0.6) is 0 Å². The number of hydrogen-bond donors (Lipinski definition) is 0. The van der Waals surface area contributed by atoms with Crippen LogP contribution >= 0.6 is 22.6 Å². The van der Waals surface area contributed by atoms with Gasteiger partial charge in [0.15, 0.2) is 11.6 Å². The van der Waals surface area contributed by atoms with Crippen molar-refractivity contribution >= 4 is 22.6 Å². The maximum atomic E-state index is 6.90. The molecule has 0 N–H and O–H groups in total. The summed E-state index contributed by atoms with van der Waals surface area (Å²) in [6.45, 7) is 2.67. The molecule has 0 aromatic heterocycles. The lowest BCUT2D eigenvalue weighted by molar-refractivity contribution is -0.247. The van der Waals surface area contributed by atoms with E-state index in [9.17, 15) is 0 Å². The third-order valence-electron chi connectivity index (χ3n) is 7.63. The maximum absolute atomic E-state index is 6.90. The van der Waals surface area contributed by atoms with Gasteiger partial charge in [0, 0.05) is 30.1 Å². The number of ether oxygens (including phenoxy) is 5. The molecule has 5 nitrogen and oxygen atoms in total. The lowest BCUT2D eigenvalue weighted by atomic mass is 9.89. The van der Waals surface area contributed by atoms with Crippen molar-refractivity contribution in [3.63, 3.8) is 0 Å². The highest BCUT2D eigenvalue weighted by Crippen LogP contribution is 2.55. The molecule has 5 fully saturated rings. The van der Waals surface area contributed by atoms with Crippen LogP contribution in [0.3, 0.4) is 0 Å². The van der Waals surface area contributed by atoms with Crippen LogP contribution in [0, 0.1) is 0 Å². The van der Waals surface area contributed by atoms with Crippen molar-refractivity contribution in [3.05, 3.63) is 12.2 Å². The van der Waals surface area contributed by atoms with Gasteiger partial charge in [-0.15, -0.1) is 0 Å². The predicted octanol–water partition coefficient (Wildman–Crippen LogP) is 5.05. The van der Waals surface area contributed by atoms with Crippen LogP contribution in [-0.2, 0) is 23.7 Å². The summed E-state index contributed by atoms with van der Waals surface area (Å²) in [7, 11) is 0. The minimum absolute atomic E-state index is 0.00147. The van der Waals surface area contributed by atoms with Gasteiger partial charge in [-0.05, 0) is 39.0 Å². The van der Waals surface area contributed by atoms with Crippen molar-refractivity contribution in [1.82, 2.24) is 0 Å². The number of alkyl halides is 1. The van der Waals surface area contributed by atoms with E-state index in [1.807, 2.05) is 0 Å². The third kappa shape index (κ3) is 3.63. The van der Waals surface area contributed by atoms with Crippen molar-refractivity contribution < 1.29 is 23.7 Å². The van der Waals surface area contributed by atoms with Gasteiger partial charge in [-0.1, -0.05) is 47.6 Å². The van der Waals surface area contributed by atoms with E-state index in [0.29, 0.717) is 6.61 Å². The average molecular weight is 518 g/mol. The molecule has 0 amide bonds. The number of halogens is 1. The summed E-state index contributed by atoms with van der Waals surface area (Å²) in [6.07, 6.45) is 16.2. The van der Waals surface area contributed by atoms with Gasteiger partial charge in [-0.25, -0.2) is 0 Å². The van der Waals surface area contributed by atoms with Gasteiger partial charge in [0.1, 0.15) is 23.9 Å². The Kier molecular flexibility index (Phi) is 6.06. The molecule has 2 unspecified atom stereocenters. The smallest absolute Gasteiger partial charge is 0.170 e. The van der Waals surface area contributed by atoms with E-state index in [1.165, 1.54) is 38.5 Å². The Balaban J connectivity index is 1.40. The zero-order valence-corrected chi connectivity index (χ0v) is 19.7. The summed E-state index contributed by atoms with van der Waals surface area (Å²) in [5.74, 6) is -0.811. The molecule has 2 saturated carbocycles. The van der Waals surface area contributed by atoms with E-state index in [-0.39, 0.29) is 30.2 Å². The zero-order chi connectivity index (χ0) is 20.0. The highest BCUT2D eigenvalue weighted by Gasteiger charge is 2.69. The second-order valence-electron chi connectivity index (χ2n) is 9.53. The minimum atomic E-state index is -0.424. The molecule has 5 atom stereocenters. The number of rotatable bonds is 4. The summed E-state index contributed by atoms with van der Waals surface area (Å²) < 4.78 is 34.1. The lowest BCUT2D eigenvalue weighted by Crippen LogP contribution is -2.50. The molecule has 6 heteroatoms. The standard InChI is InChI=1S/C23H35IO5/c1-2-3-10-18-23(16-24)20(28-22(29-23)13-8-5-9-14-22)19(26-18)17-15-25-21(27-17)11-6-4-7-12-21/h2-3,17-20H,4-16H2,1H3/b3-2+/t17?,18-,19-,20?,23-/m0/s1. The van der Waals surface area contributed by atoms with E-state index >= 15 is 0 Å². The number of allylic oxidation sites excluding steroid dienone is 1. The van der Waals surface area contributed by atoms with Gasteiger partial charge < -0.3 is 23.7 Å². The fraction of sp³-hybridized carbons (Fsp3) is 0.913. The molecule has 29 heavy (non-hydrogen) atoms. The third-order valence-corrected chi connectivity index (χ3v) is 8.83. The van der Waals surface area contributed by atoms with E-state index in [2.05, 4.69) is 41.7 Å². The Bertz CT molecular complexity index is 612. The minimum Gasteiger partial charge on any atom is -0.366 e. The van der Waals surface area contributed by atoms with Crippen LogP contribution in [0.2, 0.25) is 0 Å². The SMILES string of the molecule is C/C=C/C[C@@H]1O[C@@H](C2COC3(CCCCC3)O2)C2OC3(CCCCC3)O[C@]21CI. The average Bonchev–Trinajstić information content (AvgIpc) is 3.37. The van der Waals surface area contributed by atoms with Crippen LogP contribution < -0.4 is 0 Å². The fourth-order valence-corrected chi connectivity index (χ4v) is 7.20. The molecule has 5 aliphatic rings. The highest BCUT2D eigenvalue weighted by molar-refractivity contribution is 14.1. The molecule has 0 bridgehead atoms. The van der Waals surface area contributed by atoms with Gasteiger partial charge in [0.25, 0.3) is 0 Å². The predicted molar refractivity (Wildman–Crippen MR) is 118 cm³/mol. The van der Waals surface area contributed by atoms with Crippen molar-refractivity contribution in [3.8, 4) is 0 Å². The van der Waals surface area contributed by atoms with Crippen molar-refractivity contribution in [2.24, 2.45) is 0 Å². The normalized spacial score (nSPS) is 43.5. The zero-order valence-electron chi connectivity index (χ0n) is 17.6. The van der Waals surface area contributed by atoms with E-state index in [0.717, 1.165) is 36.5 Å². The van der Waals surface area contributed by atoms with Gasteiger partial charge in [0.05, 0.1) is 12.7 Å². The highest BCUT2D eigenvalue weighted by atomic mass is 127. The Morgan fingerprint density at radius 2 is 1.62 bits per heavy atom.